The molecule has 2 amide bonds. The van der Waals surface area contributed by atoms with Crippen molar-refractivity contribution in [3.63, 3.8) is 0 Å². The number of nitrogen functional groups attached to an aromatic ring is 1. The summed E-state index contributed by atoms with van der Waals surface area (Å²) in [6.45, 7) is 3.69. The van der Waals surface area contributed by atoms with Crippen LogP contribution in [0.3, 0.4) is 0 Å². The summed E-state index contributed by atoms with van der Waals surface area (Å²) in [5.41, 5.74) is 12.4. The number of carbonyl (C=O) groups excluding carboxylic acids is 1. The van der Waals surface area contributed by atoms with Gasteiger partial charge < -0.3 is 21.1 Å². The molecule has 1 aliphatic rings. The quantitative estimate of drug-likeness (QED) is 0.796. The van der Waals surface area contributed by atoms with E-state index in [1.165, 1.54) is 0 Å². The topological polar surface area (TPSA) is 123 Å². The van der Waals surface area contributed by atoms with Crippen molar-refractivity contribution in [2.24, 2.45) is 5.73 Å². The van der Waals surface area contributed by atoms with Crippen molar-refractivity contribution in [3.8, 4) is 5.75 Å². The van der Waals surface area contributed by atoms with Crippen LogP contribution < -0.4 is 16.2 Å². The van der Waals surface area contributed by atoms with Crippen molar-refractivity contribution in [2.75, 3.05) is 31.9 Å². The lowest BCUT2D eigenvalue weighted by atomic mass is 10.2. The van der Waals surface area contributed by atoms with Crippen molar-refractivity contribution in [1.29, 1.82) is 0 Å². The molecule has 2 aromatic heterocycles. The molecule has 1 fully saturated rings. The number of aromatic nitrogens is 3. The Labute approximate surface area is 145 Å². The first-order chi connectivity index (χ1) is 12.1. The Morgan fingerprint density at radius 2 is 1.96 bits per heavy atom. The SMILES string of the molecule is NC(=O)N1CCN(Cc2ncccc2OCc2ccnc(N)n2)CC1. The fourth-order valence-corrected chi connectivity index (χ4v) is 2.66. The Balaban J connectivity index is 1.60. The van der Waals surface area contributed by atoms with Gasteiger partial charge in [0, 0.05) is 45.1 Å². The van der Waals surface area contributed by atoms with E-state index in [0.29, 0.717) is 37.7 Å². The molecule has 3 heterocycles. The zero-order valence-corrected chi connectivity index (χ0v) is 13.8. The van der Waals surface area contributed by atoms with Crippen LogP contribution >= 0.6 is 0 Å². The van der Waals surface area contributed by atoms with Crippen LogP contribution in [0.1, 0.15) is 11.4 Å². The Hall–Kier alpha value is -2.94. The highest BCUT2D eigenvalue weighted by molar-refractivity contribution is 5.72. The van der Waals surface area contributed by atoms with Crippen LogP contribution in [0.4, 0.5) is 10.7 Å². The maximum absolute atomic E-state index is 11.2. The van der Waals surface area contributed by atoms with Gasteiger partial charge in [-0.1, -0.05) is 0 Å². The maximum Gasteiger partial charge on any atom is 0.314 e. The number of urea groups is 1. The zero-order chi connectivity index (χ0) is 17.6. The summed E-state index contributed by atoms with van der Waals surface area (Å²) in [4.78, 5) is 27.5. The van der Waals surface area contributed by atoms with Crippen LogP contribution in [0.15, 0.2) is 30.6 Å². The van der Waals surface area contributed by atoms with Crippen molar-refractivity contribution in [3.05, 3.63) is 42.0 Å². The molecular formula is C16H21N7O2. The van der Waals surface area contributed by atoms with Crippen LogP contribution in [0.25, 0.3) is 0 Å². The second-order valence-electron chi connectivity index (χ2n) is 5.74. The fraction of sp³-hybridized carbons (Fsp3) is 0.375. The molecule has 132 valence electrons. The Bertz CT molecular complexity index is 732. The van der Waals surface area contributed by atoms with Gasteiger partial charge in [0.1, 0.15) is 12.4 Å². The lowest BCUT2D eigenvalue weighted by Crippen LogP contribution is -2.50. The first kappa shape index (κ1) is 16.9. The van der Waals surface area contributed by atoms with Crippen molar-refractivity contribution >= 4 is 12.0 Å². The number of hydrogen-bond donors (Lipinski definition) is 2. The smallest absolute Gasteiger partial charge is 0.314 e. The molecule has 2 aromatic rings. The van der Waals surface area contributed by atoms with Crippen LogP contribution in [-0.4, -0.2) is 57.0 Å². The highest BCUT2D eigenvalue weighted by atomic mass is 16.5. The summed E-state index contributed by atoms with van der Waals surface area (Å²) < 4.78 is 5.86. The number of piperazine rings is 1. The average Bonchev–Trinajstić information content (AvgIpc) is 2.61. The molecule has 25 heavy (non-hydrogen) atoms. The molecule has 3 rings (SSSR count). The molecule has 0 aliphatic carbocycles. The van der Waals surface area contributed by atoms with Gasteiger partial charge in [-0.15, -0.1) is 0 Å². The van der Waals surface area contributed by atoms with E-state index in [1.807, 2.05) is 12.1 Å². The van der Waals surface area contributed by atoms with Crippen molar-refractivity contribution in [1.82, 2.24) is 24.8 Å². The van der Waals surface area contributed by atoms with Gasteiger partial charge in [-0.2, -0.15) is 0 Å². The highest BCUT2D eigenvalue weighted by Crippen LogP contribution is 2.19. The van der Waals surface area contributed by atoms with Crippen LogP contribution in [-0.2, 0) is 13.2 Å². The van der Waals surface area contributed by atoms with Crippen molar-refractivity contribution < 1.29 is 9.53 Å². The number of primary amides is 1. The van der Waals surface area contributed by atoms with E-state index >= 15 is 0 Å². The number of amides is 2. The molecule has 0 radical (unpaired) electrons. The molecule has 9 nitrogen and oxygen atoms in total. The second kappa shape index (κ2) is 7.75. The zero-order valence-electron chi connectivity index (χ0n) is 13.8. The third-order valence-corrected chi connectivity index (χ3v) is 4.01. The van der Waals surface area contributed by atoms with E-state index in [-0.39, 0.29) is 12.0 Å². The van der Waals surface area contributed by atoms with E-state index in [4.69, 9.17) is 16.2 Å². The molecule has 0 spiro atoms. The number of hydrogen-bond acceptors (Lipinski definition) is 7. The standard InChI is InChI=1S/C16H21N7O2/c17-15-20-5-3-12(21-15)11-25-14-2-1-4-19-13(14)10-22-6-8-23(9-7-22)16(18)24/h1-5H,6-11H2,(H2,18,24)(H2,17,20,21). The number of nitrogens with two attached hydrogens (primary N) is 2. The summed E-state index contributed by atoms with van der Waals surface area (Å²) in [7, 11) is 0. The molecule has 0 bridgehead atoms. The molecule has 0 saturated carbocycles. The van der Waals surface area contributed by atoms with E-state index in [1.54, 1.807) is 23.4 Å². The molecule has 0 atom stereocenters. The van der Waals surface area contributed by atoms with E-state index in [2.05, 4.69) is 19.9 Å². The molecule has 1 aliphatic heterocycles. The maximum atomic E-state index is 11.2. The fourth-order valence-electron chi connectivity index (χ4n) is 2.66. The average molecular weight is 343 g/mol. The third-order valence-electron chi connectivity index (χ3n) is 4.01. The normalized spacial score (nSPS) is 15.1. The lowest BCUT2D eigenvalue weighted by molar-refractivity contribution is 0.138. The largest absolute Gasteiger partial charge is 0.485 e. The number of pyridine rings is 1. The first-order valence-corrected chi connectivity index (χ1v) is 8.02. The molecule has 1 saturated heterocycles. The van der Waals surface area contributed by atoms with Gasteiger partial charge in [0.05, 0.1) is 11.4 Å². The highest BCUT2D eigenvalue weighted by Gasteiger charge is 2.20. The van der Waals surface area contributed by atoms with Crippen molar-refractivity contribution in [2.45, 2.75) is 13.2 Å². The van der Waals surface area contributed by atoms with Gasteiger partial charge in [-0.3, -0.25) is 9.88 Å². The van der Waals surface area contributed by atoms with Gasteiger partial charge >= 0.3 is 6.03 Å². The molecule has 9 heteroatoms. The lowest BCUT2D eigenvalue weighted by Gasteiger charge is -2.33. The van der Waals surface area contributed by atoms with Gasteiger partial charge in [0.15, 0.2) is 0 Å². The second-order valence-corrected chi connectivity index (χ2v) is 5.74. The number of nitrogens with zero attached hydrogens (tertiary/aromatic N) is 5. The minimum absolute atomic E-state index is 0.222. The van der Waals surface area contributed by atoms with Gasteiger partial charge in [-0.05, 0) is 18.2 Å². The van der Waals surface area contributed by atoms with E-state index in [9.17, 15) is 4.79 Å². The van der Waals surface area contributed by atoms with Crippen LogP contribution in [0.2, 0.25) is 0 Å². The van der Waals surface area contributed by atoms with Gasteiger partial charge in [0.2, 0.25) is 5.95 Å². The summed E-state index contributed by atoms with van der Waals surface area (Å²) in [5.74, 6) is 0.928. The van der Waals surface area contributed by atoms with Gasteiger partial charge in [0.25, 0.3) is 0 Å². The minimum Gasteiger partial charge on any atom is -0.485 e. The predicted octanol–water partition coefficient (Wildman–Crippen LogP) is 0.229. The summed E-state index contributed by atoms with van der Waals surface area (Å²) in [6.07, 6.45) is 3.34. The summed E-state index contributed by atoms with van der Waals surface area (Å²) in [6, 6.07) is 5.10. The minimum atomic E-state index is -0.370. The Morgan fingerprint density at radius 3 is 2.68 bits per heavy atom. The molecule has 0 unspecified atom stereocenters. The molecule has 0 aromatic carbocycles. The first-order valence-electron chi connectivity index (χ1n) is 8.02. The van der Waals surface area contributed by atoms with Crippen LogP contribution in [0.5, 0.6) is 5.75 Å². The van der Waals surface area contributed by atoms with Crippen LogP contribution in [0, 0.1) is 0 Å². The number of ether oxygens (including phenoxy) is 1. The summed E-state index contributed by atoms with van der Waals surface area (Å²) in [5, 5.41) is 0. The Morgan fingerprint density at radius 1 is 1.16 bits per heavy atom. The monoisotopic (exact) mass is 343 g/mol. The molecular weight excluding hydrogens is 322 g/mol. The van der Waals surface area contributed by atoms with Gasteiger partial charge in [-0.25, -0.2) is 14.8 Å². The predicted molar refractivity (Wildman–Crippen MR) is 91.4 cm³/mol. The number of carbonyl (C=O) groups is 1. The number of rotatable bonds is 5. The third kappa shape index (κ3) is 4.54. The molecule has 4 N–H and O–H groups in total. The number of anilines is 1. The Kier molecular flexibility index (Phi) is 5.24. The van der Waals surface area contributed by atoms with E-state index < -0.39 is 0 Å². The summed E-state index contributed by atoms with van der Waals surface area (Å²) >= 11 is 0. The van der Waals surface area contributed by atoms with E-state index in [0.717, 1.165) is 18.8 Å².